The van der Waals surface area contributed by atoms with Crippen LogP contribution in [-0.2, 0) is 14.3 Å². The summed E-state index contributed by atoms with van der Waals surface area (Å²) in [5.74, 6) is 0.0187. The van der Waals surface area contributed by atoms with Crippen LogP contribution >= 0.6 is 0 Å². The molecule has 1 saturated heterocycles. The van der Waals surface area contributed by atoms with Crippen molar-refractivity contribution in [3.63, 3.8) is 0 Å². The molecule has 1 aliphatic heterocycles. The summed E-state index contributed by atoms with van der Waals surface area (Å²) in [4.78, 5) is 13.7. The highest BCUT2D eigenvalue weighted by Crippen LogP contribution is 2.07. The minimum absolute atomic E-state index is 0.0187. The molecule has 18 heavy (non-hydrogen) atoms. The Morgan fingerprint density at radius 2 is 2.44 bits per heavy atom. The van der Waals surface area contributed by atoms with Crippen LogP contribution in [0.5, 0.6) is 0 Å². The average molecular weight is 259 g/mol. The Labute approximate surface area is 109 Å². The molecule has 0 aromatic rings. The predicted octanol–water partition coefficient (Wildman–Crippen LogP) is -0.942. The third kappa shape index (κ3) is 5.30. The van der Waals surface area contributed by atoms with Crippen LogP contribution in [0.25, 0.3) is 0 Å². The van der Waals surface area contributed by atoms with Crippen LogP contribution in [0.3, 0.4) is 0 Å². The maximum atomic E-state index is 11.7. The molecule has 2 atom stereocenters. The molecule has 2 unspecified atom stereocenters. The molecule has 1 rings (SSSR count). The number of likely N-dealkylation sites (N-methyl/N-ethyl adjacent to an activating group) is 1. The fourth-order valence-electron chi connectivity index (χ4n) is 1.90. The first-order valence-corrected chi connectivity index (χ1v) is 6.43. The van der Waals surface area contributed by atoms with Crippen LogP contribution in [0.1, 0.15) is 6.92 Å². The molecule has 0 aliphatic carbocycles. The number of amides is 1. The summed E-state index contributed by atoms with van der Waals surface area (Å²) in [6.45, 7) is 6.05. The number of hydrogen-bond donors (Lipinski definition) is 2. The molecule has 6 heteroatoms. The van der Waals surface area contributed by atoms with Crippen LogP contribution in [0, 0.1) is 0 Å². The SMILES string of the molecule is COCCNC(=O)CN(C)C(C)C1CNCCO1. The van der Waals surface area contributed by atoms with Crippen molar-refractivity contribution in [2.45, 2.75) is 19.1 Å². The Morgan fingerprint density at radius 3 is 3.06 bits per heavy atom. The van der Waals surface area contributed by atoms with E-state index in [0.29, 0.717) is 19.7 Å². The van der Waals surface area contributed by atoms with E-state index in [1.807, 2.05) is 11.9 Å². The lowest BCUT2D eigenvalue weighted by atomic mass is 10.1. The van der Waals surface area contributed by atoms with Gasteiger partial charge < -0.3 is 20.1 Å². The van der Waals surface area contributed by atoms with Gasteiger partial charge in [-0.2, -0.15) is 0 Å². The molecule has 0 bridgehead atoms. The monoisotopic (exact) mass is 259 g/mol. The van der Waals surface area contributed by atoms with Crippen molar-refractivity contribution in [2.75, 3.05) is 53.6 Å². The summed E-state index contributed by atoms with van der Waals surface area (Å²) < 4.78 is 10.6. The number of ether oxygens (including phenoxy) is 2. The van der Waals surface area contributed by atoms with E-state index in [-0.39, 0.29) is 18.1 Å². The predicted molar refractivity (Wildman–Crippen MR) is 69.6 cm³/mol. The Hall–Kier alpha value is -0.690. The van der Waals surface area contributed by atoms with Crippen molar-refractivity contribution in [3.8, 4) is 0 Å². The van der Waals surface area contributed by atoms with Crippen LogP contribution < -0.4 is 10.6 Å². The second-order valence-electron chi connectivity index (χ2n) is 4.61. The zero-order chi connectivity index (χ0) is 13.4. The highest BCUT2D eigenvalue weighted by Gasteiger charge is 2.24. The van der Waals surface area contributed by atoms with Crippen molar-refractivity contribution in [3.05, 3.63) is 0 Å². The summed E-state index contributed by atoms with van der Waals surface area (Å²) in [5, 5.41) is 6.11. The van der Waals surface area contributed by atoms with Crippen molar-refractivity contribution >= 4 is 5.91 Å². The quantitative estimate of drug-likeness (QED) is 0.578. The van der Waals surface area contributed by atoms with Gasteiger partial charge in [0.15, 0.2) is 0 Å². The van der Waals surface area contributed by atoms with Gasteiger partial charge in [-0.3, -0.25) is 9.69 Å². The van der Waals surface area contributed by atoms with Gasteiger partial charge in [-0.05, 0) is 14.0 Å². The molecule has 1 heterocycles. The van der Waals surface area contributed by atoms with Crippen LogP contribution in [0.2, 0.25) is 0 Å². The number of carbonyl (C=O) groups is 1. The molecule has 0 spiro atoms. The molecule has 0 radical (unpaired) electrons. The zero-order valence-corrected chi connectivity index (χ0v) is 11.6. The number of hydrogen-bond acceptors (Lipinski definition) is 5. The number of nitrogens with one attached hydrogen (secondary N) is 2. The molecule has 2 N–H and O–H groups in total. The first-order valence-electron chi connectivity index (χ1n) is 6.43. The summed E-state index contributed by atoms with van der Waals surface area (Å²) in [7, 11) is 3.56. The molecule has 1 fully saturated rings. The second kappa shape index (κ2) is 8.42. The molecule has 6 nitrogen and oxygen atoms in total. The third-order valence-corrected chi connectivity index (χ3v) is 3.21. The lowest BCUT2D eigenvalue weighted by Crippen LogP contribution is -2.51. The van der Waals surface area contributed by atoms with E-state index in [1.54, 1.807) is 7.11 Å². The number of morpholine rings is 1. The lowest BCUT2D eigenvalue weighted by molar-refractivity contribution is -0.123. The molecule has 0 aromatic heterocycles. The van der Waals surface area contributed by atoms with E-state index in [2.05, 4.69) is 17.6 Å². The third-order valence-electron chi connectivity index (χ3n) is 3.21. The maximum Gasteiger partial charge on any atom is 0.234 e. The van der Waals surface area contributed by atoms with E-state index in [9.17, 15) is 4.79 Å². The molecule has 0 aromatic carbocycles. The standard InChI is InChI=1S/C12H25N3O3/c1-10(11-8-13-4-7-18-11)15(2)9-12(16)14-5-6-17-3/h10-11,13H,4-9H2,1-3H3,(H,14,16). The topological polar surface area (TPSA) is 62.8 Å². The van der Waals surface area contributed by atoms with Crippen LogP contribution in [0.15, 0.2) is 0 Å². The van der Waals surface area contributed by atoms with E-state index < -0.39 is 0 Å². The molecule has 0 saturated carbocycles. The maximum absolute atomic E-state index is 11.7. The Bertz CT molecular complexity index is 245. The van der Waals surface area contributed by atoms with Crippen molar-refractivity contribution in [2.24, 2.45) is 0 Å². The van der Waals surface area contributed by atoms with Gasteiger partial charge in [0.2, 0.25) is 5.91 Å². The minimum Gasteiger partial charge on any atom is -0.383 e. The minimum atomic E-state index is 0.0187. The first kappa shape index (κ1) is 15.4. The molecule has 1 amide bonds. The van der Waals surface area contributed by atoms with Gasteiger partial charge in [0.1, 0.15) is 0 Å². The summed E-state index contributed by atoms with van der Waals surface area (Å²) in [6, 6.07) is 0.214. The number of methoxy groups -OCH3 is 1. The van der Waals surface area contributed by atoms with Gasteiger partial charge in [0, 0.05) is 32.8 Å². The summed E-state index contributed by atoms with van der Waals surface area (Å²) in [6.07, 6.45) is 0.149. The van der Waals surface area contributed by atoms with Gasteiger partial charge in [-0.25, -0.2) is 0 Å². The van der Waals surface area contributed by atoms with Crippen molar-refractivity contribution in [1.29, 1.82) is 0 Å². The number of rotatable bonds is 7. The fourth-order valence-corrected chi connectivity index (χ4v) is 1.90. The smallest absolute Gasteiger partial charge is 0.234 e. The van der Waals surface area contributed by atoms with Gasteiger partial charge in [0.25, 0.3) is 0 Å². The first-order chi connectivity index (χ1) is 8.65. The fraction of sp³-hybridized carbons (Fsp3) is 0.917. The molecular formula is C12H25N3O3. The number of nitrogens with zero attached hydrogens (tertiary/aromatic N) is 1. The van der Waals surface area contributed by atoms with Crippen molar-refractivity contribution < 1.29 is 14.3 Å². The second-order valence-corrected chi connectivity index (χ2v) is 4.61. The highest BCUT2D eigenvalue weighted by atomic mass is 16.5. The van der Waals surface area contributed by atoms with Crippen LogP contribution in [0.4, 0.5) is 0 Å². The number of carbonyl (C=O) groups excluding carboxylic acids is 1. The van der Waals surface area contributed by atoms with Crippen molar-refractivity contribution in [1.82, 2.24) is 15.5 Å². The summed E-state index contributed by atoms with van der Waals surface area (Å²) >= 11 is 0. The van der Waals surface area contributed by atoms with E-state index in [0.717, 1.165) is 19.7 Å². The molecule has 1 aliphatic rings. The van der Waals surface area contributed by atoms with Gasteiger partial charge in [-0.1, -0.05) is 0 Å². The van der Waals surface area contributed by atoms with E-state index in [4.69, 9.17) is 9.47 Å². The van der Waals surface area contributed by atoms with E-state index >= 15 is 0 Å². The average Bonchev–Trinajstić information content (AvgIpc) is 2.39. The highest BCUT2D eigenvalue weighted by molar-refractivity contribution is 5.77. The lowest BCUT2D eigenvalue weighted by Gasteiger charge is -2.34. The zero-order valence-electron chi connectivity index (χ0n) is 11.6. The van der Waals surface area contributed by atoms with Gasteiger partial charge in [0.05, 0.1) is 25.9 Å². The molecule has 106 valence electrons. The summed E-state index contributed by atoms with van der Waals surface area (Å²) in [5.41, 5.74) is 0. The van der Waals surface area contributed by atoms with Gasteiger partial charge >= 0.3 is 0 Å². The Morgan fingerprint density at radius 1 is 1.67 bits per heavy atom. The Kier molecular flexibility index (Phi) is 7.19. The van der Waals surface area contributed by atoms with Crippen LogP contribution in [-0.4, -0.2) is 76.5 Å². The normalized spacial score (nSPS) is 21.9. The largest absolute Gasteiger partial charge is 0.383 e. The van der Waals surface area contributed by atoms with Gasteiger partial charge in [-0.15, -0.1) is 0 Å². The van der Waals surface area contributed by atoms with E-state index in [1.165, 1.54) is 0 Å². The Balaban J connectivity index is 2.25. The molecular weight excluding hydrogens is 234 g/mol.